The lowest BCUT2D eigenvalue weighted by atomic mass is 9.68. The monoisotopic (exact) mass is 183 g/mol. The van der Waals surface area contributed by atoms with Crippen molar-refractivity contribution in [2.24, 2.45) is 10.8 Å². The quantitative estimate of drug-likeness (QED) is 0.695. The minimum atomic E-state index is 0.235. The number of hydrogen-bond donors (Lipinski definition) is 2. The third-order valence-corrected chi connectivity index (χ3v) is 3.95. The van der Waals surface area contributed by atoms with Crippen LogP contribution in [0, 0.1) is 10.8 Å². The Morgan fingerprint density at radius 2 is 1.85 bits per heavy atom. The highest BCUT2D eigenvalue weighted by Crippen LogP contribution is 2.47. The summed E-state index contributed by atoms with van der Waals surface area (Å²) in [5.74, 6) is 0. The molecule has 1 saturated carbocycles. The van der Waals surface area contributed by atoms with Crippen molar-refractivity contribution in [2.75, 3.05) is 19.7 Å². The summed E-state index contributed by atoms with van der Waals surface area (Å²) < 4.78 is 0. The summed E-state index contributed by atoms with van der Waals surface area (Å²) in [6.45, 7) is 4.82. The molecule has 0 bridgehead atoms. The van der Waals surface area contributed by atoms with Crippen LogP contribution in [0.4, 0.5) is 0 Å². The van der Waals surface area contributed by atoms with Gasteiger partial charge in [0.2, 0.25) is 0 Å². The number of aliphatic hydroxyl groups excluding tert-OH is 1. The number of hydrogen-bond acceptors (Lipinski definition) is 2. The Balaban J connectivity index is 1.95. The van der Waals surface area contributed by atoms with Gasteiger partial charge in [0.15, 0.2) is 0 Å². The average molecular weight is 183 g/mol. The van der Waals surface area contributed by atoms with E-state index >= 15 is 0 Å². The Morgan fingerprint density at radius 3 is 2.23 bits per heavy atom. The fraction of sp³-hybridized carbons (Fsp3) is 1.00. The molecule has 2 rings (SSSR count). The number of rotatable bonds is 3. The molecule has 0 aromatic heterocycles. The van der Waals surface area contributed by atoms with E-state index in [4.69, 9.17) is 0 Å². The van der Waals surface area contributed by atoms with Crippen LogP contribution < -0.4 is 5.32 Å². The van der Waals surface area contributed by atoms with Gasteiger partial charge in [0.05, 0.1) is 6.61 Å². The van der Waals surface area contributed by atoms with Gasteiger partial charge >= 0.3 is 0 Å². The molecule has 2 aliphatic rings. The molecule has 0 unspecified atom stereocenters. The third kappa shape index (κ3) is 1.75. The van der Waals surface area contributed by atoms with E-state index in [0.717, 1.165) is 13.1 Å². The number of nitrogens with one attached hydrogen (secondary N) is 1. The second-order valence-electron chi connectivity index (χ2n) is 5.46. The van der Waals surface area contributed by atoms with Gasteiger partial charge in [-0.15, -0.1) is 0 Å². The largest absolute Gasteiger partial charge is 0.396 e. The zero-order valence-corrected chi connectivity index (χ0v) is 8.60. The highest BCUT2D eigenvalue weighted by Gasteiger charge is 2.43. The summed E-state index contributed by atoms with van der Waals surface area (Å²) in [4.78, 5) is 0. The summed E-state index contributed by atoms with van der Waals surface area (Å²) in [6.07, 6.45) is 6.75. The molecule has 0 spiro atoms. The minimum Gasteiger partial charge on any atom is -0.396 e. The van der Waals surface area contributed by atoms with Gasteiger partial charge in [0.1, 0.15) is 0 Å². The number of aliphatic hydroxyl groups is 1. The van der Waals surface area contributed by atoms with Crippen molar-refractivity contribution in [1.29, 1.82) is 0 Å². The van der Waals surface area contributed by atoms with Crippen LogP contribution in [-0.4, -0.2) is 24.8 Å². The van der Waals surface area contributed by atoms with Gasteiger partial charge in [-0.05, 0) is 24.7 Å². The molecule has 1 saturated heterocycles. The second kappa shape index (κ2) is 3.25. The average Bonchev–Trinajstić information content (AvgIpc) is 2.45. The molecule has 2 fully saturated rings. The SMILES string of the molecule is CC1(CC2(CO)CNC2)CCCC1. The zero-order valence-electron chi connectivity index (χ0n) is 8.60. The van der Waals surface area contributed by atoms with Crippen LogP contribution >= 0.6 is 0 Å². The molecule has 0 radical (unpaired) electrons. The maximum atomic E-state index is 9.37. The lowest BCUT2D eigenvalue weighted by molar-refractivity contribution is 0.0205. The van der Waals surface area contributed by atoms with E-state index < -0.39 is 0 Å². The third-order valence-electron chi connectivity index (χ3n) is 3.95. The van der Waals surface area contributed by atoms with Crippen molar-refractivity contribution in [3.63, 3.8) is 0 Å². The van der Waals surface area contributed by atoms with E-state index in [1.54, 1.807) is 0 Å². The highest BCUT2D eigenvalue weighted by molar-refractivity contribution is 4.97. The van der Waals surface area contributed by atoms with Crippen LogP contribution in [0.5, 0.6) is 0 Å². The second-order valence-corrected chi connectivity index (χ2v) is 5.46. The van der Waals surface area contributed by atoms with Gasteiger partial charge in [0.25, 0.3) is 0 Å². The maximum Gasteiger partial charge on any atom is 0.0512 e. The van der Waals surface area contributed by atoms with Gasteiger partial charge < -0.3 is 10.4 Å². The maximum absolute atomic E-state index is 9.37. The molecule has 2 heteroatoms. The van der Waals surface area contributed by atoms with E-state index in [0.29, 0.717) is 12.0 Å². The predicted octanol–water partition coefficient (Wildman–Crippen LogP) is 1.54. The summed E-state index contributed by atoms with van der Waals surface area (Å²) >= 11 is 0. The summed E-state index contributed by atoms with van der Waals surface area (Å²) in [7, 11) is 0. The van der Waals surface area contributed by atoms with Crippen molar-refractivity contribution in [3.8, 4) is 0 Å². The Morgan fingerprint density at radius 1 is 1.23 bits per heavy atom. The van der Waals surface area contributed by atoms with Crippen molar-refractivity contribution < 1.29 is 5.11 Å². The van der Waals surface area contributed by atoms with Crippen molar-refractivity contribution in [2.45, 2.75) is 39.0 Å². The molecule has 1 heterocycles. The molecule has 1 aliphatic heterocycles. The topological polar surface area (TPSA) is 32.3 Å². The molecule has 0 atom stereocenters. The minimum absolute atomic E-state index is 0.235. The Hall–Kier alpha value is -0.0800. The van der Waals surface area contributed by atoms with E-state index in [9.17, 15) is 5.11 Å². The first-order valence-electron chi connectivity index (χ1n) is 5.50. The molecule has 76 valence electrons. The van der Waals surface area contributed by atoms with Crippen molar-refractivity contribution in [1.82, 2.24) is 5.32 Å². The Bertz CT molecular complexity index is 175. The summed E-state index contributed by atoms with van der Waals surface area (Å²) in [5, 5.41) is 12.7. The lowest BCUT2D eigenvalue weighted by Gasteiger charge is -2.46. The summed E-state index contributed by atoms with van der Waals surface area (Å²) in [5.41, 5.74) is 0.768. The van der Waals surface area contributed by atoms with Gasteiger partial charge in [-0.25, -0.2) is 0 Å². The van der Waals surface area contributed by atoms with E-state index in [1.165, 1.54) is 32.1 Å². The normalized spacial score (nSPS) is 30.0. The standard InChI is InChI=1S/C11H21NO/c1-10(4-2-3-5-10)6-11(9-13)7-12-8-11/h12-13H,2-9H2,1H3. The molecule has 2 N–H and O–H groups in total. The fourth-order valence-electron chi connectivity index (χ4n) is 3.08. The molecular weight excluding hydrogens is 162 g/mol. The lowest BCUT2D eigenvalue weighted by Crippen LogP contribution is -2.57. The van der Waals surface area contributed by atoms with Crippen LogP contribution in [0.1, 0.15) is 39.0 Å². The van der Waals surface area contributed by atoms with Gasteiger partial charge in [-0.1, -0.05) is 19.8 Å². The first-order chi connectivity index (χ1) is 6.18. The Kier molecular flexibility index (Phi) is 2.37. The van der Waals surface area contributed by atoms with Crippen LogP contribution in [0.25, 0.3) is 0 Å². The van der Waals surface area contributed by atoms with Crippen LogP contribution in [0.15, 0.2) is 0 Å². The smallest absolute Gasteiger partial charge is 0.0512 e. The van der Waals surface area contributed by atoms with Gasteiger partial charge in [0, 0.05) is 18.5 Å². The molecular formula is C11H21NO. The van der Waals surface area contributed by atoms with Crippen molar-refractivity contribution in [3.05, 3.63) is 0 Å². The molecule has 0 amide bonds. The molecule has 2 nitrogen and oxygen atoms in total. The van der Waals surface area contributed by atoms with Crippen molar-refractivity contribution >= 4 is 0 Å². The van der Waals surface area contributed by atoms with Crippen LogP contribution in [0.3, 0.4) is 0 Å². The predicted molar refractivity (Wildman–Crippen MR) is 53.6 cm³/mol. The molecule has 0 aromatic carbocycles. The first-order valence-corrected chi connectivity index (χ1v) is 5.50. The van der Waals surface area contributed by atoms with Gasteiger partial charge in [-0.2, -0.15) is 0 Å². The Labute approximate surface area is 80.7 Å². The zero-order chi connectivity index (χ0) is 9.36. The van der Waals surface area contributed by atoms with E-state index in [-0.39, 0.29) is 5.41 Å². The molecule has 13 heavy (non-hydrogen) atoms. The van der Waals surface area contributed by atoms with E-state index in [2.05, 4.69) is 12.2 Å². The highest BCUT2D eigenvalue weighted by atomic mass is 16.3. The van der Waals surface area contributed by atoms with Crippen LogP contribution in [-0.2, 0) is 0 Å². The molecule has 1 aliphatic carbocycles. The van der Waals surface area contributed by atoms with Gasteiger partial charge in [-0.3, -0.25) is 0 Å². The summed E-state index contributed by atoms with van der Waals surface area (Å²) in [6, 6.07) is 0. The fourth-order valence-corrected chi connectivity index (χ4v) is 3.08. The molecule has 0 aromatic rings. The first kappa shape index (κ1) is 9.47. The van der Waals surface area contributed by atoms with E-state index in [1.807, 2.05) is 0 Å². The van der Waals surface area contributed by atoms with Crippen LogP contribution in [0.2, 0.25) is 0 Å².